The summed E-state index contributed by atoms with van der Waals surface area (Å²) < 4.78 is 45.9. The largest absolute Gasteiger partial charge is 0.416 e. The van der Waals surface area contributed by atoms with E-state index in [0.717, 1.165) is 16.6 Å². The molecule has 0 radical (unpaired) electrons. The zero-order chi connectivity index (χ0) is 30.9. The second-order valence-corrected chi connectivity index (χ2v) is 11.3. The number of hydrogen-bond acceptors (Lipinski definition) is 5. The molecule has 2 aromatic heterocycles. The maximum absolute atomic E-state index is 14.0. The number of aromatic amines is 1. The number of aromatic nitrogens is 6. The topological polar surface area (TPSA) is 106 Å². The van der Waals surface area contributed by atoms with Gasteiger partial charge in [-0.1, -0.05) is 57.1 Å². The molecular formula is C31H33F3N8O. The van der Waals surface area contributed by atoms with Crippen molar-refractivity contribution in [2.75, 3.05) is 5.32 Å². The van der Waals surface area contributed by atoms with Crippen LogP contribution in [0.2, 0.25) is 0 Å². The quantitative estimate of drug-likeness (QED) is 0.229. The third-order valence-electron chi connectivity index (χ3n) is 7.33. The number of rotatable bonds is 7. The van der Waals surface area contributed by atoms with Crippen molar-refractivity contribution in [2.45, 2.75) is 65.7 Å². The first kappa shape index (κ1) is 29.7. The second kappa shape index (κ2) is 11.5. The molecule has 0 bridgehead atoms. The maximum Gasteiger partial charge on any atom is 0.416 e. The molecule has 0 atom stereocenters. The summed E-state index contributed by atoms with van der Waals surface area (Å²) in [6, 6.07) is 17.2. The summed E-state index contributed by atoms with van der Waals surface area (Å²) in [5, 5.41) is 15.5. The lowest BCUT2D eigenvalue weighted by molar-refractivity contribution is -0.137. The molecule has 2 heterocycles. The molecule has 0 saturated carbocycles. The van der Waals surface area contributed by atoms with Crippen LogP contribution in [-0.2, 0) is 31.1 Å². The van der Waals surface area contributed by atoms with Crippen molar-refractivity contribution in [3.8, 4) is 0 Å². The summed E-state index contributed by atoms with van der Waals surface area (Å²) in [5.41, 5.74) is 4.57. The molecule has 0 fully saturated rings. The lowest BCUT2D eigenvalue weighted by atomic mass is 9.87. The van der Waals surface area contributed by atoms with Crippen LogP contribution in [0.15, 0.2) is 65.7 Å². The molecule has 2 N–H and O–H groups in total. The summed E-state index contributed by atoms with van der Waals surface area (Å²) in [7, 11) is 0. The Morgan fingerprint density at radius 1 is 0.953 bits per heavy atom. The van der Waals surface area contributed by atoms with E-state index in [0.29, 0.717) is 40.9 Å². The van der Waals surface area contributed by atoms with E-state index in [2.05, 4.69) is 46.7 Å². The fourth-order valence-corrected chi connectivity index (χ4v) is 5.05. The van der Waals surface area contributed by atoms with Crippen molar-refractivity contribution < 1.29 is 18.0 Å². The van der Waals surface area contributed by atoms with Crippen LogP contribution in [0.1, 0.15) is 67.2 Å². The average molecular weight is 591 g/mol. The number of aryl methyl sites for hydroxylation is 2. The van der Waals surface area contributed by atoms with Gasteiger partial charge in [-0.15, -0.1) is 0 Å². The van der Waals surface area contributed by atoms with Crippen molar-refractivity contribution in [1.82, 2.24) is 29.8 Å². The Labute approximate surface area is 246 Å². The molecule has 0 aliphatic heterocycles. The molecule has 0 saturated heterocycles. The van der Waals surface area contributed by atoms with Gasteiger partial charge in [0.1, 0.15) is 0 Å². The maximum atomic E-state index is 14.0. The van der Waals surface area contributed by atoms with E-state index in [4.69, 9.17) is 4.99 Å². The fraction of sp³-hybridized carbons (Fsp3) is 0.323. The molecule has 224 valence electrons. The Bertz CT molecular complexity index is 1810. The van der Waals surface area contributed by atoms with Crippen LogP contribution < -0.4 is 10.9 Å². The van der Waals surface area contributed by atoms with Crippen molar-refractivity contribution in [1.29, 1.82) is 0 Å². The number of nitrogens with one attached hydrogen (secondary N) is 2. The monoisotopic (exact) mass is 590 g/mol. The molecule has 0 aliphatic rings. The van der Waals surface area contributed by atoms with Gasteiger partial charge in [-0.25, -0.2) is 10.1 Å². The van der Waals surface area contributed by atoms with Gasteiger partial charge in [0.2, 0.25) is 11.6 Å². The van der Waals surface area contributed by atoms with E-state index in [1.807, 2.05) is 47.2 Å². The van der Waals surface area contributed by atoms with E-state index >= 15 is 0 Å². The van der Waals surface area contributed by atoms with Gasteiger partial charge in [-0.2, -0.15) is 13.2 Å². The third-order valence-corrected chi connectivity index (χ3v) is 7.33. The number of carbonyl (C=O) groups excluding carboxylic acids is 1. The SMILES string of the molecule is CCc1cc(C(F)(F)F)cc2c1n(CC)c(=Nc1ccc(C(C)(C)C)cc1)n2Cc1ccc(C(=O)Nc2nnn[nH]2)cc1. The number of fused-ring (bicyclic) bond motifs is 1. The number of alkyl halides is 3. The number of amides is 1. The molecule has 5 rings (SSSR count). The number of anilines is 1. The molecule has 12 heteroatoms. The predicted octanol–water partition coefficient (Wildman–Crippen LogP) is 6.39. The van der Waals surface area contributed by atoms with Crippen LogP contribution in [0.3, 0.4) is 0 Å². The highest BCUT2D eigenvalue weighted by Gasteiger charge is 2.32. The lowest BCUT2D eigenvalue weighted by Crippen LogP contribution is -2.26. The van der Waals surface area contributed by atoms with E-state index in [1.165, 1.54) is 12.1 Å². The number of H-pyrrole nitrogens is 1. The van der Waals surface area contributed by atoms with Gasteiger partial charge in [-0.3, -0.25) is 10.1 Å². The Morgan fingerprint density at radius 3 is 2.21 bits per heavy atom. The van der Waals surface area contributed by atoms with Crippen LogP contribution in [0.4, 0.5) is 24.8 Å². The molecule has 0 spiro atoms. The average Bonchev–Trinajstić information content (AvgIpc) is 3.58. The molecule has 9 nitrogen and oxygen atoms in total. The van der Waals surface area contributed by atoms with Gasteiger partial charge in [0.05, 0.1) is 28.8 Å². The number of nitrogens with zero attached hydrogens (tertiary/aromatic N) is 6. The summed E-state index contributed by atoms with van der Waals surface area (Å²) in [6.45, 7) is 11.0. The summed E-state index contributed by atoms with van der Waals surface area (Å²) >= 11 is 0. The molecular weight excluding hydrogens is 557 g/mol. The highest BCUT2D eigenvalue weighted by Crippen LogP contribution is 2.34. The first-order chi connectivity index (χ1) is 20.4. The zero-order valence-electron chi connectivity index (χ0n) is 24.6. The van der Waals surface area contributed by atoms with E-state index in [-0.39, 0.29) is 17.9 Å². The summed E-state index contributed by atoms with van der Waals surface area (Å²) in [6.07, 6.45) is -4.08. The number of tetrazole rings is 1. The number of carbonyl (C=O) groups is 1. The van der Waals surface area contributed by atoms with E-state index in [9.17, 15) is 18.0 Å². The minimum absolute atomic E-state index is 0.0322. The van der Waals surface area contributed by atoms with Gasteiger partial charge >= 0.3 is 6.18 Å². The van der Waals surface area contributed by atoms with Gasteiger partial charge in [0.15, 0.2) is 0 Å². The molecule has 0 unspecified atom stereocenters. The van der Waals surface area contributed by atoms with Crippen LogP contribution in [0, 0.1) is 0 Å². The molecule has 43 heavy (non-hydrogen) atoms. The molecule has 3 aromatic carbocycles. The lowest BCUT2D eigenvalue weighted by Gasteiger charge is -2.18. The molecule has 1 amide bonds. The predicted molar refractivity (Wildman–Crippen MR) is 158 cm³/mol. The normalized spacial score (nSPS) is 12.7. The van der Waals surface area contributed by atoms with Crippen LogP contribution in [-0.4, -0.2) is 35.7 Å². The highest BCUT2D eigenvalue weighted by molar-refractivity contribution is 6.03. The third kappa shape index (κ3) is 6.23. The van der Waals surface area contributed by atoms with E-state index < -0.39 is 17.6 Å². The van der Waals surface area contributed by atoms with Gasteiger partial charge in [-0.05, 0) is 82.3 Å². The fourth-order valence-electron chi connectivity index (χ4n) is 5.05. The number of imidazole rings is 1. The van der Waals surface area contributed by atoms with Crippen molar-refractivity contribution in [2.24, 2.45) is 4.99 Å². The minimum Gasteiger partial charge on any atom is -0.310 e. The molecule has 0 aliphatic carbocycles. The standard InChI is InChI=1S/C31H33F3N8O/c1-6-20-16-23(31(32,33)34)17-25-26(20)41(7-2)29(35-24-14-12-22(13-15-24)30(3,4)5)42(25)18-19-8-10-21(11-9-19)27(43)36-28-37-39-40-38-28/h8-17H,6-7,18H2,1-5H3,(H2,36,37,38,39,40,43). The zero-order valence-corrected chi connectivity index (χ0v) is 24.6. The first-order valence-electron chi connectivity index (χ1n) is 14.0. The first-order valence-corrected chi connectivity index (χ1v) is 14.0. The van der Waals surface area contributed by atoms with Gasteiger partial charge in [0, 0.05) is 12.1 Å². The second-order valence-electron chi connectivity index (χ2n) is 11.3. The Balaban J connectivity index is 1.65. The summed E-state index contributed by atoms with van der Waals surface area (Å²) in [4.78, 5) is 17.6. The van der Waals surface area contributed by atoms with Crippen molar-refractivity contribution >= 4 is 28.6 Å². The Hall–Kier alpha value is -4.74. The highest BCUT2D eigenvalue weighted by atomic mass is 19.4. The van der Waals surface area contributed by atoms with Crippen LogP contribution in [0.5, 0.6) is 0 Å². The van der Waals surface area contributed by atoms with Crippen molar-refractivity contribution in [3.05, 3.63) is 94.1 Å². The number of hydrogen-bond donors (Lipinski definition) is 2. The van der Waals surface area contributed by atoms with Gasteiger partial charge < -0.3 is 9.13 Å². The van der Waals surface area contributed by atoms with Crippen LogP contribution in [0.25, 0.3) is 11.0 Å². The summed E-state index contributed by atoms with van der Waals surface area (Å²) in [5.74, 6) is -0.289. The smallest absolute Gasteiger partial charge is 0.310 e. The number of halogens is 3. The Kier molecular flexibility index (Phi) is 7.96. The molecule has 5 aromatic rings. The minimum atomic E-state index is -4.50. The Morgan fingerprint density at radius 2 is 1.65 bits per heavy atom. The van der Waals surface area contributed by atoms with Gasteiger partial charge in [0.25, 0.3) is 5.91 Å². The van der Waals surface area contributed by atoms with Crippen molar-refractivity contribution in [3.63, 3.8) is 0 Å². The van der Waals surface area contributed by atoms with Crippen LogP contribution >= 0.6 is 0 Å². The van der Waals surface area contributed by atoms with E-state index in [1.54, 1.807) is 24.3 Å². The number of benzene rings is 3.